The smallest absolute Gasteiger partial charge is 0.143 e. The quantitative estimate of drug-likeness (QED) is 0.663. The van der Waals surface area contributed by atoms with Crippen molar-refractivity contribution in [1.82, 2.24) is 4.98 Å². The molecule has 0 aliphatic heterocycles. The summed E-state index contributed by atoms with van der Waals surface area (Å²) in [6, 6.07) is 7.26. The van der Waals surface area contributed by atoms with Gasteiger partial charge in [0.2, 0.25) is 0 Å². The standard InChI is InChI=1S/C13H10BrCl3N2/c1-7(10-4-8(15)2-3-12(10)16)19-9-5-11(14)13(17)18-6-9/h2-7,19H,1H3. The Morgan fingerprint density at radius 3 is 2.63 bits per heavy atom. The molecule has 0 bridgehead atoms. The molecule has 0 fully saturated rings. The summed E-state index contributed by atoms with van der Waals surface area (Å²) in [6.07, 6.45) is 1.67. The molecule has 6 heteroatoms. The number of anilines is 1. The molecule has 100 valence electrons. The number of nitrogens with zero attached hydrogens (tertiary/aromatic N) is 1. The summed E-state index contributed by atoms with van der Waals surface area (Å²) < 4.78 is 0.739. The molecule has 1 N–H and O–H groups in total. The third-order valence-corrected chi connectivity index (χ3v) is 4.32. The summed E-state index contributed by atoms with van der Waals surface area (Å²) in [5.41, 5.74) is 1.78. The van der Waals surface area contributed by atoms with E-state index in [0.29, 0.717) is 15.2 Å². The zero-order valence-corrected chi connectivity index (χ0v) is 13.8. The first kappa shape index (κ1) is 14.9. The zero-order valence-electron chi connectivity index (χ0n) is 9.92. The third-order valence-electron chi connectivity index (χ3n) is 2.60. The van der Waals surface area contributed by atoms with Crippen LogP contribution in [0.2, 0.25) is 15.2 Å². The normalized spacial score (nSPS) is 12.3. The third kappa shape index (κ3) is 3.76. The lowest BCUT2D eigenvalue weighted by Gasteiger charge is -2.17. The van der Waals surface area contributed by atoms with E-state index in [1.165, 1.54) is 0 Å². The predicted molar refractivity (Wildman–Crippen MR) is 85.4 cm³/mol. The number of hydrogen-bond donors (Lipinski definition) is 1. The molecule has 0 aliphatic rings. The number of pyridine rings is 1. The maximum absolute atomic E-state index is 6.17. The molecule has 2 aromatic rings. The van der Waals surface area contributed by atoms with Gasteiger partial charge in [-0.15, -0.1) is 0 Å². The molecule has 1 unspecified atom stereocenters. The SMILES string of the molecule is CC(Nc1cnc(Cl)c(Br)c1)c1cc(Cl)ccc1Cl. The highest BCUT2D eigenvalue weighted by atomic mass is 79.9. The van der Waals surface area contributed by atoms with Crippen LogP contribution in [-0.4, -0.2) is 4.98 Å². The fraction of sp³-hybridized carbons (Fsp3) is 0.154. The first-order valence-corrected chi connectivity index (χ1v) is 7.42. The Bertz CT molecular complexity index is 604. The topological polar surface area (TPSA) is 24.9 Å². The van der Waals surface area contributed by atoms with Crippen molar-refractivity contribution in [3.8, 4) is 0 Å². The van der Waals surface area contributed by atoms with Crippen molar-refractivity contribution in [2.75, 3.05) is 5.32 Å². The summed E-state index contributed by atoms with van der Waals surface area (Å²) >= 11 is 21.3. The van der Waals surface area contributed by atoms with Crippen LogP contribution in [0.4, 0.5) is 5.69 Å². The van der Waals surface area contributed by atoms with E-state index in [4.69, 9.17) is 34.8 Å². The average Bonchev–Trinajstić information content (AvgIpc) is 2.36. The average molecular weight is 381 g/mol. The fourth-order valence-electron chi connectivity index (χ4n) is 1.67. The molecule has 0 amide bonds. The highest BCUT2D eigenvalue weighted by Crippen LogP contribution is 2.30. The molecule has 0 saturated carbocycles. The van der Waals surface area contributed by atoms with E-state index in [1.54, 1.807) is 18.3 Å². The van der Waals surface area contributed by atoms with Gasteiger partial charge in [-0.1, -0.05) is 34.8 Å². The van der Waals surface area contributed by atoms with Gasteiger partial charge in [0.1, 0.15) is 5.15 Å². The van der Waals surface area contributed by atoms with Crippen LogP contribution in [-0.2, 0) is 0 Å². The molecule has 0 spiro atoms. The van der Waals surface area contributed by atoms with Crippen molar-refractivity contribution in [2.24, 2.45) is 0 Å². The molecular weight excluding hydrogens is 370 g/mol. The van der Waals surface area contributed by atoms with Crippen molar-refractivity contribution in [3.63, 3.8) is 0 Å². The number of benzene rings is 1. The lowest BCUT2D eigenvalue weighted by atomic mass is 10.1. The molecule has 2 rings (SSSR count). The Morgan fingerprint density at radius 1 is 1.21 bits per heavy atom. The molecule has 2 nitrogen and oxygen atoms in total. The lowest BCUT2D eigenvalue weighted by Crippen LogP contribution is -2.07. The van der Waals surface area contributed by atoms with Gasteiger partial charge in [0.25, 0.3) is 0 Å². The minimum atomic E-state index is 0.000996. The molecule has 0 radical (unpaired) electrons. The van der Waals surface area contributed by atoms with Crippen LogP contribution in [0.1, 0.15) is 18.5 Å². The van der Waals surface area contributed by atoms with Crippen LogP contribution in [0, 0.1) is 0 Å². The van der Waals surface area contributed by atoms with Gasteiger partial charge in [-0.2, -0.15) is 0 Å². The van der Waals surface area contributed by atoms with Crippen LogP contribution in [0.5, 0.6) is 0 Å². The fourth-order valence-corrected chi connectivity index (χ4v) is 2.59. The van der Waals surface area contributed by atoms with Gasteiger partial charge in [-0.3, -0.25) is 0 Å². The Kier molecular flexibility index (Phi) is 4.96. The summed E-state index contributed by atoms with van der Waals surface area (Å²) in [5, 5.41) is 5.06. The van der Waals surface area contributed by atoms with Gasteiger partial charge in [0, 0.05) is 10.0 Å². The van der Waals surface area contributed by atoms with Gasteiger partial charge in [-0.25, -0.2) is 4.98 Å². The van der Waals surface area contributed by atoms with Gasteiger partial charge in [0.05, 0.1) is 22.4 Å². The molecular formula is C13H10BrCl3N2. The van der Waals surface area contributed by atoms with Crippen molar-refractivity contribution in [1.29, 1.82) is 0 Å². The second-order valence-corrected chi connectivity index (χ2v) is 6.08. The second-order valence-electron chi connectivity index (χ2n) is 4.03. The number of hydrogen-bond acceptors (Lipinski definition) is 2. The van der Waals surface area contributed by atoms with E-state index in [0.717, 1.165) is 15.7 Å². The zero-order chi connectivity index (χ0) is 14.0. The van der Waals surface area contributed by atoms with E-state index >= 15 is 0 Å². The number of aromatic nitrogens is 1. The van der Waals surface area contributed by atoms with Crippen LogP contribution < -0.4 is 5.32 Å². The minimum absolute atomic E-state index is 0.000996. The van der Waals surface area contributed by atoms with Gasteiger partial charge < -0.3 is 5.32 Å². The first-order valence-electron chi connectivity index (χ1n) is 5.50. The van der Waals surface area contributed by atoms with Crippen molar-refractivity contribution < 1.29 is 0 Å². The Morgan fingerprint density at radius 2 is 1.95 bits per heavy atom. The van der Waals surface area contributed by atoms with E-state index in [1.807, 2.05) is 19.1 Å². The Labute approximate surface area is 135 Å². The largest absolute Gasteiger partial charge is 0.377 e. The van der Waals surface area contributed by atoms with E-state index < -0.39 is 0 Å². The maximum atomic E-state index is 6.17. The van der Waals surface area contributed by atoms with Gasteiger partial charge in [0.15, 0.2) is 0 Å². The van der Waals surface area contributed by atoms with E-state index in [9.17, 15) is 0 Å². The molecule has 1 aromatic carbocycles. The summed E-state index contributed by atoms with van der Waals surface area (Å²) in [4.78, 5) is 4.06. The predicted octanol–water partition coefficient (Wildman–Crippen LogP) is 5.98. The van der Waals surface area contributed by atoms with Crippen molar-refractivity contribution >= 4 is 56.4 Å². The van der Waals surface area contributed by atoms with Crippen LogP contribution in [0.3, 0.4) is 0 Å². The molecule has 1 atom stereocenters. The molecule has 0 saturated heterocycles. The molecule has 1 heterocycles. The molecule has 19 heavy (non-hydrogen) atoms. The number of nitrogens with one attached hydrogen (secondary N) is 1. The van der Waals surface area contributed by atoms with Crippen molar-refractivity contribution in [3.05, 3.63) is 55.7 Å². The second kappa shape index (κ2) is 6.31. The van der Waals surface area contributed by atoms with Gasteiger partial charge in [-0.05, 0) is 52.7 Å². The Hall–Kier alpha value is -0.480. The molecule has 0 aliphatic carbocycles. The summed E-state index contributed by atoms with van der Waals surface area (Å²) in [5.74, 6) is 0. The molecule has 1 aromatic heterocycles. The van der Waals surface area contributed by atoms with Crippen LogP contribution in [0.15, 0.2) is 34.9 Å². The highest BCUT2D eigenvalue weighted by Gasteiger charge is 2.11. The monoisotopic (exact) mass is 378 g/mol. The summed E-state index contributed by atoms with van der Waals surface area (Å²) in [7, 11) is 0. The van der Waals surface area contributed by atoms with E-state index in [2.05, 4.69) is 26.2 Å². The maximum Gasteiger partial charge on any atom is 0.143 e. The number of halogens is 4. The first-order chi connectivity index (χ1) is 8.97. The van der Waals surface area contributed by atoms with Crippen LogP contribution in [0.25, 0.3) is 0 Å². The summed E-state index contributed by atoms with van der Waals surface area (Å²) in [6.45, 7) is 2.00. The van der Waals surface area contributed by atoms with Gasteiger partial charge >= 0.3 is 0 Å². The van der Waals surface area contributed by atoms with Crippen LogP contribution >= 0.6 is 50.7 Å². The minimum Gasteiger partial charge on any atom is -0.377 e. The lowest BCUT2D eigenvalue weighted by molar-refractivity contribution is 0.883. The Balaban J connectivity index is 2.22. The number of rotatable bonds is 3. The van der Waals surface area contributed by atoms with Crippen molar-refractivity contribution in [2.45, 2.75) is 13.0 Å². The van der Waals surface area contributed by atoms with E-state index in [-0.39, 0.29) is 6.04 Å². The highest BCUT2D eigenvalue weighted by molar-refractivity contribution is 9.10.